The zero-order chi connectivity index (χ0) is 16.4. The molecule has 0 aliphatic carbocycles. The van der Waals surface area contributed by atoms with Crippen LogP contribution in [0.2, 0.25) is 0 Å². The van der Waals surface area contributed by atoms with Crippen LogP contribution in [0.25, 0.3) is 0 Å². The van der Waals surface area contributed by atoms with Crippen molar-refractivity contribution in [2.24, 2.45) is 5.92 Å². The quantitative estimate of drug-likeness (QED) is 0.836. The molecule has 0 radical (unpaired) electrons. The van der Waals surface area contributed by atoms with E-state index in [-0.39, 0.29) is 5.60 Å². The van der Waals surface area contributed by atoms with Gasteiger partial charge in [0.25, 0.3) is 0 Å². The first-order chi connectivity index (χ1) is 11.8. The molecule has 24 heavy (non-hydrogen) atoms. The number of anilines is 1. The first-order valence-electron chi connectivity index (χ1n) is 8.14. The Hall–Kier alpha value is -2.28. The second kappa shape index (κ2) is 6.32. The summed E-state index contributed by atoms with van der Waals surface area (Å²) in [5.74, 6) is 1.38. The van der Waals surface area contributed by atoms with Gasteiger partial charge in [0.1, 0.15) is 11.4 Å². The summed E-state index contributed by atoms with van der Waals surface area (Å²) in [5.41, 5.74) is -0.143. The molecule has 126 valence electrons. The smallest absolute Gasteiger partial charge is 0.225 e. The normalized spacial score (nSPS) is 21.7. The van der Waals surface area contributed by atoms with Gasteiger partial charge in [-0.25, -0.2) is 14.4 Å². The molecule has 2 aliphatic heterocycles. The van der Waals surface area contributed by atoms with E-state index in [9.17, 15) is 4.39 Å². The molecule has 1 atom stereocenters. The monoisotopic (exact) mass is 330 g/mol. The van der Waals surface area contributed by atoms with E-state index in [1.54, 1.807) is 12.4 Å². The summed E-state index contributed by atoms with van der Waals surface area (Å²) in [6.45, 7) is 2.91. The molecule has 2 saturated heterocycles. The molecule has 0 saturated carbocycles. The third-order valence-corrected chi connectivity index (χ3v) is 4.78. The summed E-state index contributed by atoms with van der Waals surface area (Å²) in [5, 5.41) is 0. The van der Waals surface area contributed by atoms with Gasteiger partial charge in [-0.05, 0) is 30.9 Å². The molecule has 2 fully saturated rings. The number of hydrogen-bond acceptors (Lipinski definition) is 6. The molecule has 0 N–H and O–H groups in total. The molecule has 4 rings (SSSR count). The van der Waals surface area contributed by atoms with Crippen molar-refractivity contribution in [1.82, 2.24) is 15.0 Å². The second-order valence-electron chi connectivity index (χ2n) is 6.28. The van der Waals surface area contributed by atoms with E-state index in [1.165, 1.54) is 12.4 Å². The van der Waals surface area contributed by atoms with Crippen molar-refractivity contribution in [2.75, 3.05) is 31.2 Å². The third-order valence-electron chi connectivity index (χ3n) is 4.78. The third kappa shape index (κ3) is 2.91. The minimum Gasteiger partial charge on any atom is -0.492 e. The average molecular weight is 330 g/mol. The number of ether oxygens (including phenoxy) is 2. The van der Waals surface area contributed by atoms with Crippen LogP contribution < -0.4 is 9.64 Å². The lowest BCUT2D eigenvalue weighted by Crippen LogP contribution is -2.65. The molecule has 0 amide bonds. The average Bonchev–Trinajstić information content (AvgIpc) is 2.99. The van der Waals surface area contributed by atoms with E-state index < -0.39 is 5.82 Å². The first-order valence-corrected chi connectivity index (χ1v) is 8.14. The van der Waals surface area contributed by atoms with Crippen LogP contribution in [0.3, 0.4) is 0 Å². The summed E-state index contributed by atoms with van der Waals surface area (Å²) in [6, 6.07) is 3.77. The highest BCUT2D eigenvalue weighted by atomic mass is 19.1. The Morgan fingerprint density at radius 2 is 2.12 bits per heavy atom. The molecule has 0 aromatic carbocycles. The van der Waals surface area contributed by atoms with Gasteiger partial charge >= 0.3 is 0 Å². The van der Waals surface area contributed by atoms with Crippen LogP contribution in [-0.4, -0.2) is 46.9 Å². The largest absolute Gasteiger partial charge is 0.492 e. The van der Waals surface area contributed by atoms with Gasteiger partial charge in [0.2, 0.25) is 5.95 Å². The fraction of sp³-hybridized carbons (Fsp3) is 0.471. The first kappa shape index (κ1) is 15.3. The van der Waals surface area contributed by atoms with Crippen LogP contribution in [0, 0.1) is 11.7 Å². The lowest BCUT2D eigenvalue weighted by Gasteiger charge is -2.50. The zero-order valence-corrected chi connectivity index (χ0v) is 13.3. The van der Waals surface area contributed by atoms with Crippen LogP contribution in [0.15, 0.2) is 36.9 Å². The fourth-order valence-corrected chi connectivity index (χ4v) is 3.50. The number of nitrogens with zero attached hydrogens (tertiary/aromatic N) is 4. The molecular weight excluding hydrogens is 311 g/mol. The Balaban J connectivity index is 1.32. The van der Waals surface area contributed by atoms with Crippen LogP contribution in [0.5, 0.6) is 5.75 Å². The van der Waals surface area contributed by atoms with Gasteiger partial charge in [-0.3, -0.25) is 4.98 Å². The van der Waals surface area contributed by atoms with Gasteiger partial charge in [-0.2, -0.15) is 0 Å². The topological polar surface area (TPSA) is 60.4 Å². The number of rotatable bonds is 5. The fourth-order valence-electron chi connectivity index (χ4n) is 3.50. The van der Waals surface area contributed by atoms with E-state index in [1.807, 2.05) is 17.0 Å². The van der Waals surface area contributed by atoms with Crippen LogP contribution in [0.1, 0.15) is 12.8 Å². The Morgan fingerprint density at radius 1 is 1.29 bits per heavy atom. The summed E-state index contributed by atoms with van der Waals surface area (Å²) in [4.78, 5) is 14.1. The highest BCUT2D eigenvalue weighted by Crippen LogP contribution is 2.42. The molecule has 2 aliphatic rings. The predicted octanol–water partition coefficient (Wildman–Crippen LogP) is 2.08. The molecule has 2 aromatic heterocycles. The highest BCUT2D eigenvalue weighted by molar-refractivity contribution is 5.38. The Labute approximate surface area is 139 Å². The molecule has 0 bridgehead atoms. The number of aromatic nitrogens is 3. The molecule has 1 unspecified atom stereocenters. The zero-order valence-electron chi connectivity index (χ0n) is 13.3. The highest BCUT2D eigenvalue weighted by Gasteiger charge is 2.53. The predicted molar refractivity (Wildman–Crippen MR) is 85.3 cm³/mol. The van der Waals surface area contributed by atoms with Gasteiger partial charge in [-0.1, -0.05) is 0 Å². The van der Waals surface area contributed by atoms with Crippen molar-refractivity contribution in [2.45, 2.75) is 18.4 Å². The Kier molecular flexibility index (Phi) is 4.02. The molecule has 2 aromatic rings. The van der Waals surface area contributed by atoms with Gasteiger partial charge in [0, 0.05) is 12.8 Å². The van der Waals surface area contributed by atoms with E-state index in [4.69, 9.17) is 9.47 Å². The summed E-state index contributed by atoms with van der Waals surface area (Å²) in [6.07, 6.45) is 7.82. The standard InChI is InChI=1S/C17H19FN4O2/c18-14-8-20-16(21-9-14)22-11-17(12-22)13(4-7-24-17)3-6-23-15-2-1-5-19-10-15/h1-2,5,8-10,13H,3-4,6-7,11-12H2. The van der Waals surface area contributed by atoms with Crippen molar-refractivity contribution in [3.63, 3.8) is 0 Å². The number of halogens is 1. The Morgan fingerprint density at radius 3 is 2.88 bits per heavy atom. The van der Waals surface area contributed by atoms with Crippen molar-refractivity contribution >= 4 is 5.95 Å². The van der Waals surface area contributed by atoms with Crippen molar-refractivity contribution < 1.29 is 13.9 Å². The molecule has 6 nitrogen and oxygen atoms in total. The van der Waals surface area contributed by atoms with Crippen LogP contribution >= 0.6 is 0 Å². The van der Waals surface area contributed by atoms with Gasteiger partial charge in [0.05, 0.1) is 38.3 Å². The van der Waals surface area contributed by atoms with Crippen LogP contribution in [0.4, 0.5) is 10.3 Å². The van der Waals surface area contributed by atoms with Gasteiger partial charge < -0.3 is 14.4 Å². The van der Waals surface area contributed by atoms with E-state index in [0.717, 1.165) is 38.3 Å². The van der Waals surface area contributed by atoms with Crippen molar-refractivity contribution in [3.05, 3.63) is 42.7 Å². The van der Waals surface area contributed by atoms with Crippen LogP contribution in [-0.2, 0) is 4.74 Å². The lowest BCUT2D eigenvalue weighted by molar-refractivity contribution is -0.0481. The summed E-state index contributed by atoms with van der Waals surface area (Å²) >= 11 is 0. The molecule has 4 heterocycles. The SMILES string of the molecule is Fc1cnc(N2CC3(C2)OCCC3CCOc2cccnc2)nc1. The number of hydrogen-bond donors (Lipinski definition) is 0. The van der Waals surface area contributed by atoms with Gasteiger partial charge in [-0.15, -0.1) is 0 Å². The van der Waals surface area contributed by atoms with Gasteiger partial charge in [0.15, 0.2) is 5.82 Å². The molecular formula is C17H19FN4O2. The maximum Gasteiger partial charge on any atom is 0.225 e. The van der Waals surface area contributed by atoms with Crippen molar-refractivity contribution in [3.8, 4) is 5.75 Å². The molecule has 7 heteroatoms. The van der Waals surface area contributed by atoms with E-state index in [0.29, 0.717) is 18.5 Å². The maximum atomic E-state index is 12.9. The van der Waals surface area contributed by atoms with E-state index >= 15 is 0 Å². The lowest BCUT2D eigenvalue weighted by atomic mass is 9.79. The summed E-state index contributed by atoms with van der Waals surface area (Å²) in [7, 11) is 0. The minimum absolute atomic E-state index is 0.143. The molecule has 1 spiro atoms. The van der Waals surface area contributed by atoms with Crippen molar-refractivity contribution in [1.29, 1.82) is 0 Å². The maximum absolute atomic E-state index is 12.9. The second-order valence-corrected chi connectivity index (χ2v) is 6.28. The number of pyridine rings is 1. The minimum atomic E-state index is -0.420. The Bertz CT molecular complexity index is 677. The van der Waals surface area contributed by atoms with E-state index in [2.05, 4.69) is 15.0 Å². The summed E-state index contributed by atoms with van der Waals surface area (Å²) < 4.78 is 24.7.